The van der Waals surface area contributed by atoms with Crippen LogP contribution in [-0.4, -0.2) is 53.8 Å². The van der Waals surface area contributed by atoms with Crippen LogP contribution in [0.25, 0.3) is 0 Å². The summed E-state index contributed by atoms with van der Waals surface area (Å²) in [6.07, 6.45) is 2.34. The summed E-state index contributed by atoms with van der Waals surface area (Å²) in [4.78, 5) is 25.9. The lowest BCUT2D eigenvalue weighted by molar-refractivity contribution is -0.140. The van der Waals surface area contributed by atoms with Crippen LogP contribution in [0.5, 0.6) is 5.75 Å². The molecule has 7 nitrogen and oxygen atoms in total. The van der Waals surface area contributed by atoms with Crippen LogP contribution in [0.3, 0.4) is 0 Å². The molecule has 1 amide bonds. The molecule has 2 rings (SSSR count). The molecule has 0 heterocycles. The average Bonchev–Trinajstić information content (AvgIpc) is 2.84. The van der Waals surface area contributed by atoms with Crippen molar-refractivity contribution in [2.45, 2.75) is 78.5 Å². The molecule has 0 radical (unpaired) electrons. The van der Waals surface area contributed by atoms with Crippen molar-refractivity contribution >= 4 is 24.5 Å². The third kappa shape index (κ3) is 11.1. The van der Waals surface area contributed by atoms with Crippen molar-refractivity contribution in [3.05, 3.63) is 65.2 Å². The zero-order valence-electron chi connectivity index (χ0n) is 22.7. The van der Waals surface area contributed by atoms with Crippen LogP contribution in [0.2, 0.25) is 0 Å². The van der Waals surface area contributed by atoms with Crippen LogP contribution in [0.1, 0.15) is 76.5 Å². The highest BCUT2D eigenvalue weighted by Gasteiger charge is 2.21. The van der Waals surface area contributed by atoms with Crippen molar-refractivity contribution in [2.75, 3.05) is 19.7 Å². The molecule has 2 N–H and O–H groups in total. The van der Waals surface area contributed by atoms with E-state index < -0.39 is 12.1 Å². The van der Waals surface area contributed by atoms with Gasteiger partial charge in [-0.05, 0) is 70.3 Å². The molecule has 8 heteroatoms. The van der Waals surface area contributed by atoms with Gasteiger partial charge in [0.15, 0.2) is 0 Å². The van der Waals surface area contributed by atoms with Gasteiger partial charge in [0, 0.05) is 30.5 Å². The highest BCUT2D eigenvalue weighted by atomic mass is 35.5. The predicted molar refractivity (Wildman–Crippen MR) is 149 cm³/mol. The number of esters is 1. The topological polar surface area (TPSA) is 88.1 Å². The molecule has 37 heavy (non-hydrogen) atoms. The molecule has 0 spiro atoms. The Hall–Kier alpha value is -2.61. The highest BCUT2D eigenvalue weighted by Crippen LogP contribution is 2.36. The summed E-state index contributed by atoms with van der Waals surface area (Å²) in [5.41, 5.74) is 2.77. The Labute approximate surface area is 227 Å². The summed E-state index contributed by atoms with van der Waals surface area (Å²) in [6, 6.07) is 16.6. The summed E-state index contributed by atoms with van der Waals surface area (Å²) < 4.78 is 10.5. The van der Waals surface area contributed by atoms with E-state index in [9.17, 15) is 14.7 Å². The van der Waals surface area contributed by atoms with Crippen molar-refractivity contribution in [3.8, 4) is 5.75 Å². The maximum absolute atomic E-state index is 12.5. The molecule has 0 bridgehead atoms. The van der Waals surface area contributed by atoms with E-state index >= 15 is 0 Å². The monoisotopic (exact) mass is 534 g/mol. The van der Waals surface area contributed by atoms with Gasteiger partial charge in [-0.3, -0.25) is 9.69 Å². The standard InChI is InChI=1S/C29H42N2O5.ClH/c1-21(2)31(22(3)4)17-10-9-13-26(25-11-7-6-8-12-25)27-19-24(20-32)14-15-28(27)36-29(34)30-16-18-35-23(5)33;/h6-8,11-12,14-15,19,21-22,26,32H,9-10,13,16-18,20H2,1-5H3,(H,30,34);1H. The number of halogens is 1. The number of hydrogen-bond acceptors (Lipinski definition) is 6. The van der Waals surface area contributed by atoms with Crippen molar-refractivity contribution in [2.24, 2.45) is 0 Å². The number of amides is 1. The molecule has 2 aromatic rings. The zero-order valence-corrected chi connectivity index (χ0v) is 23.6. The van der Waals surface area contributed by atoms with Crippen LogP contribution >= 0.6 is 12.4 Å². The van der Waals surface area contributed by atoms with Gasteiger partial charge in [-0.2, -0.15) is 0 Å². The lowest BCUT2D eigenvalue weighted by Gasteiger charge is -2.30. The van der Waals surface area contributed by atoms with Crippen LogP contribution in [0.15, 0.2) is 48.5 Å². The van der Waals surface area contributed by atoms with Gasteiger partial charge in [0.2, 0.25) is 0 Å². The summed E-state index contributed by atoms with van der Waals surface area (Å²) in [5, 5.41) is 12.4. The number of ether oxygens (including phenoxy) is 2. The number of aliphatic hydroxyl groups excluding tert-OH is 1. The fourth-order valence-electron chi connectivity index (χ4n) is 4.49. The van der Waals surface area contributed by atoms with Gasteiger partial charge >= 0.3 is 12.1 Å². The number of carbonyl (C=O) groups excluding carboxylic acids is 2. The number of nitrogens with one attached hydrogen (secondary N) is 1. The highest BCUT2D eigenvalue weighted by molar-refractivity contribution is 5.85. The number of unbranched alkanes of at least 4 members (excludes halogenated alkanes) is 1. The van der Waals surface area contributed by atoms with Gasteiger partial charge in [0.1, 0.15) is 12.4 Å². The molecule has 0 aliphatic rings. The fourth-order valence-corrected chi connectivity index (χ4v) is 4.49. The summed E-state index contributed by atoms with van der Waals surface area (Å²) in [6.45, 7) is 11.4. The Kier molecular flexibility index (Phi) is 14.9. The Bertz CT molecular complexity index is 945. The number of rotatable bonds is 14. The Morgan fingerprint density at radius 1 is 1.00 bits per heavy atom. The van der Waals surface area contributed by atoms with E-state index in [1.807, 2.05) is 24.3 Å². The molecule has 0 aliphatic heterocycles. The average molecular weight is 535 g/mol. The van der Waals surface area contributed by atoms with Gasteiger partial charge < -0.3 is 19.9 Å². The Balaban J connectivity index is 0.00000684. The third-order valence-electron chi connectivity index (χ3n) is 6.20. The molecule has 1 atom stereocenters. The predicted octanol–water partition coefficient (Wildman–Crippen LogP) is 5.67. The van der Waals surface area contributed by atoms with Crippen LogP contribution in [0.4, 0.5) is 4.79 Å². The van der Waals surface area contributed by atoms with E-state index in [0.717, 1.165) is 42.5 Å². The van der Waals surface area contributed by atoms with Gasteiger partial charge in [0.05, 0.1) is 13.2 Å². The zero-order chi connectivity index (χ0) is 26.5. The molecule has 0 aliphatic carbocycles. The first-order valence-corrected chi connectivity index (χ1v) is 12.9. The Morgan fingerprint density at radius 2 is 1.68 bits per heavy atom. The first-order chi connectivity index (χ1) is 17.2. The molecule has 0 aromatic heterocycles. The number of nitrogens with zero attached hydrogens (tertiary/aromatic N) is 1. The van der Waals surface area contributed by atoms with Gasteiger partial charge in [-0.1, -0.05) is 42.8 Å². The minimum atomic E-state index is -0.614. The SMILES string of the molecule is CC(=O)OCCNC(=O)Oc1ccc(CO)cc1C(CCCCN(C(C)C)C(C)C)c1ccccc1.Cl. The maximum atomic E-state index is 12.5. The number of hydrogen-bond donors (Lipinski definition) is 2. The largest absolute Gasteiger partial charge is 0.464 e. The second-order valence-electron chi connectivity index (χ2n) is 9.57. The van der Waals surface area contributed by atoms with Crippen LogP contribution in [0, 0.1) is 0 Å². The van der Waals surface area contributed by atoms with Crippen molar-refractivity contribution in [1.82, 2.24) is 10.2 Å². The number of carbonyl (C=O) groups is 2. The van der Waals surface area contributed by atoms with E-state index in [1.165, 1.54) is 6.92 Å². The minimum Gasteiger partial charge on any atom is -0.464 e. The van der Waals surface area contributed by atoms with E-state index in [2.05, 4.69) is 50.0 Å². The second kappa shape index (κ2) is 17.0. The van der Waals surface area contributed by atoms with Gasteiger partial charge in [0.25, 0.3) is 0 Å². The molecule has 2 aromatic carbocycles. The lowest BCUT2D eigenvalue weighted by atomic mass is 9.85. The maximum Gasteiger partial charge on any atom is 0.412 e. The van der Waals surface area contributed by atoms with Crippen molar-refractivity contribution < 1.29 is 24.2 Å². The second-order valence-corrected chi connectivity index (χ2v) is 9.57. The summed E-state index contributed by atoms with van der Waals surface area (Å²) in [7, 11) is 0. The third-order valence-corrected chi connectivity index (χ3v) is 6.20. The quantitative estimate of drug-likeness (QED) is 0.240. The van der Waals surface area contributed by atoms with E-state index in [0.29, 0.717) is 17.8 Å². The smallest absolute Gasteiger partial charge is 0.412 e. The molecular formula is C29H43ClN2O5. The Morgan fingerprint density at radius 3 is 2.27 bits per heavy atom. The van der Waals surface area contributed by atoms with Crippen LogP contribution in [-0.2, 0) is 16.1 Å². The number of benzene rings is 2. The fraction of sp³-hybridized carbons (Fsp3) is 0.517. The summed E-state index contributed by atoms with van der Waals surface area (Å²) >= 11 is 0. The lowest BCUT2D eigenvalue weighted by Crippen LogP contribution is -2.37. The van der Waals surface area contributed by atoms with Gasteiger partial charge in [-0.15, -0.1) is 12.4 Å². The van der Waals surface area contributed by atoms with Crippen LogP contribution < -0.4 is 10.1 Å². The van der Waals surface area contributed by atoms with Crippen molar-refractivity contribution in [1.29, 1.82) is 0 Å². The first-order valence-electron chi connectivity index (χ1n) is 12.9. The molecule has 1 unspecified atom stereocenters. The molecule has 0 saturated heterocycles. The summed E-state index contributed by atoms with van der Waals surface area (Å²) in [5.74, 6) is 0.0628. The number of aliphatic hydroxyl groups is 1. The molecular weight excluding hydrogens is 492 g/mol. The first kappa shape index (κ1) is 32.4. The van der Waals surface area contributed by atoms with Crippen molar-refractivity contribution in [3.63, 3.8) is 0 Å². The van der Waals surface area contributed by atoms with E-state index in [-0.39, 0.29) is 38.1 Å². The van der Waals surface area contributed by atoms with Gasteiger partial charge in [-0.25, -0.2) is 4.79 Å². The normalized spacial score (nSPS) is 11.8. The van der Waals surface area contributed by atoms with E-state index in [1.54, 1.807) is 12.1 Å². The molecule has 206 valence electrons. The molecule has 0 fully saturated rings. The minimum absolute atomic E-state index is 0. The molecule has 0 saturated carbocycles. The van der Waals surface area contributed by atoms with E-state index in [4.69, 9.17) is 9.47 Å².